The average Bonchev–Trinajstić information content (AvgIpc) is 3.29. The summed E-state index contributed by atoms with van der Waals surface area (Å²) in [5.74, 6) is 0.535. The highest BCUT2D eigenvalue weighted by atomic mass is 32.2. The molecule has 3 heterocycles. The molecular weight excluding hydrogens is 392 g/mol. The van der Waals surface area contributed by atoms with Gasteiger partial charge in [-0.1, -0.05) is 12.5 Å². The third kappa shape index (κ3) is 4.02. The largest absolute Gasteiger partial charge is 0.339 e. The summed E-state index contributed by atoms with van der Waals surface area (Å²) in [6, 6.07) is 10.7. The van der Waals surface area contributed by atoms with Crippen LogP contribution in [-0.4, -0.2) is 49.7 Å². The van der Waals surface area contributed by atoms with E-state index in [1.165, 1.54) is 4.88 Å². The van der Waals surface area contributed by atoms with Gasteiger partial charge in [-0.3, -0.25) is 4.79 Å². The Balaban J connectivity index is 1.40. The number of hydrogen-bond donors (Lipinski definition) is 0. The Morgan fingerprint density at radius 2 is 1.61 bits per heavy atom. The summed E-state index contributed by atoms with van der Waals surface area (Å²) in [6.45, 7) is 2.66. The van der Waals surface area contributed by atoms with E-state index in [1.807, 2.05) is 4.90 Å². The minimum Gasteiger partial charge on any atom is -0.339 e. The molecule has 0 bridgehead atoms. The van der Waals surface area contributed by atoms with E-state index in [9.17, 15) is 13.2 Å². The van der Waals surface area contributed by atoms with Gasteiger partial charge in [0.2, 0.25) is 10.0 Å². The molecule has 5 nitrogen and oxygen atoms in total. The van der Waals surface area contributed by atoms with Gasteiger partial charge in [-0.15, -0.1) is 11.3 Å². The zero-order chi connectivity index (χ0) is 19.6. The number of carbonyl (C=O) groups excluding carboxylic acids is 1. The van der Waals surface area contributed by atoms with Crippen LogP contribution in [0.2, 0.25) is 0 Å². The summed E-state index contributed by atoms with van der Waals surface area (Å²) in [4.78, 5) is 16.4. The van der Waals surface area contributed by atoms with Crippen molar-refractivity contribution >= 4 is 27.3 Å². The first-order chi connectivity index (χ1) is 13.6. The lowest BCUT2D eigenvalue weighted by molar-refractivity contribution is 0.0713. The summed E-state index contributed by atoms with van der Waals surface area (Å²) in [6.07, 6.45) is 4.87. The smallest absolute Gasteiger partial charge is 0.253 e. The number of rotatable bonds is 4. The normalized spacial score (nSPS) is 19.6. The van der Waals surface area contributed by atoms with Crippen LogP contribution in [0.25, 0.3) is 0 Å². The lowest BCUT2D eigenvalue weighted by Gasteiger charge is -2.31. The fourth-order valence-electron chi connectivity index (χ4n) is 4.10. The molecule has 2 fully saturated rings. The first kappa shape index (κ1) is 19.6. The molecule has 28 heavy (non-hydrogen) atoms. The van der Waals surface area contributed by atoms with E-state index in [4.69, 9.17) is 0 Å². The van der Waals surface area contributed by atoms with Gasteiger partial charge >= 0.3 is 0 Å². The van der Waals surface area contributed by atoms with Crippen LogP contribution in [0.1, 0.15) is 53.3 Å². The predicted octanol–water partition coefficient (Wildman–Crippen LogP) is 3.94. The van der Waals surface area contributed by atoms with E-state index in [0.717, 1.165) is 45.2 Å². The van der Waals surface area contributed by atoms with Gasteiger partial charge in [0.15, 0.2) is 0 Å². The van der Waals surface area contributed by atoms with E-state index in [-0.39, 0.29) is 10.8 Å². The van der Waals surface area contributed by atoms with Gasteiger partial charge in [0.25, 0.3) is 5.91 Å². The maximum Gasteiger partial charge on any atom is 0.253 e. The van der Waals surface area contributed by atoms with Crippen molar-refractivity contribution in [1.82, 2.24) is 9.21 Å². The minimum absolute atomic E-state index is 0.00782. The number of thiophene rings is 1. The molecule has 0 radical (unpaired) electrons. The SMILES string of the molecule is O=C(c1ccc(S(=O)(=O)N2CCCCC2)cc1)N1CCC(c2cccs2)CC1. The molecule has 2 aromatic rings. The van der Waals surface area contributed by atoms with Crippen molar-refractivity contribution in [2.24, 2.45) is 0 Å². The van der Waals surface area contributed by atoms with Crippen LogP contribution in [0.5, 0.6) is 0 Å². The van der Waals surface area contributed by atoms with Gasteiger partial charge < -0.3 is 4.90 Å². The Bertz CT molecular complexity index is 894. The molecule has 0 saturated carbocycles. The van der Waals surface area contributed by atoms with Crippen LogP contribution in [0.3, 0.4) is 0 Å². The molecule has 4 rings (SSSR count). The molecule has 150 valence electrons. The summed E-state index contributed by atoms with van der Waals surface area (Å²) < 4.78 is 27.1. The molecule has 2 saturated heterocycles. The Hall–Kier alpha value is -1.70. The van der Waals surface area contributed by atoms with Crippen LogP contribution in [-0.2, 0) is 10.0 Å². The second kappa shape index (κ2) is 8.35. The molecular formula is C21H26N2O3S2. The number of piperidine rings is 2. The monoisotopic (exact) mass is 418 g/mol. The van der Waals surface area contributed by atoms with E-state index in [0.29, 0.717) is 24.6 Å². The van der Waals surface area contributed by atoms with Crippen LogP contribution < -0.4 is 0 Å². The molecule has 2 aliphatic rings. The third-order valence-corrected chi connectivity index (χ3v) is 8.73. The van der Waals surface area contributed by atoms with Gasteiger partial charge in [-0.2, -0.15) is 4.31 Å². The number of likely N-dealkylation sites (tertiary alicyclic amines) is 1. The number of benzene rings is 1. The summed E-state index contributed by atoms with van der Waals surface area (Å²) in [5.41, 5.74) is 0.562. The molecule has 0 aliphatic carbocycles. The van der Waals surface area contributed by atoms with Crippen LogP contribution >= 0.6 is 11.3 Å². The van der Waals surface area contributed by atoms with Crippen molar-refractivity contribution in [3.63, 3.8) is 0 Å². The van der Waals surface area contributed by atoms with Crippen molar-refractivity contribution in [2.45, 2.75) is 42.9 Å². The number of carbonyl (C=O) groups is 1. The highest BCUT2D eigenvalue weighted by molar-refractivity contribution is 7.89. The van der Waals surface area contributed by atoms with Crippen molar-refractivity contribution in [1.29, 1.82) is 0 Å². The second-order valence-electron chi connectivity index (χ2n) is 7.57. The van der Waals surface area contributed by atoms with E-state index in [1.54, 1.807) is 39.9 Å². The fourth-order valence-corrected chi connectivity index (χ4v) is 6.51. The molecule has 0 spiro atoms. The molecule has 0 N–H and O–H groups in total. The van der Waals surface area contributed by atoms with Crippen molar-refractivity contribution in [2.75, 3.05) is 26.2 Å². The molecule has 7 heteroatoms. The highest BCUT2D eigenvalue weighted by Crippen LogP contribution is 2.31. The lowest BCUT2D eigenvalue weighted by Crippen LogP contribution is -2.38. The number of amides is 1. The molecule has 1 aromatic heterocycles. The number of nitrogens with zero attached hydrogens (tertiary/aromatic N) is 2. The Morgan fingerprint density at radius 3 is 2.21 bits per heavy atom. The van der Waals surface area contributed by atoms with E-state index < -0.39 is 10.0 Å². The fraction of sp³-hybridized carbons (Fsp3) is 0.476. The van der Waals surface area contributed by atoms with Gasteiger partial charge in [-0.25, -0.2) is 8.42 Å². The van der Waals surface area contributed by atoms with Crippen molar-refractivity contribution in [3.05, 3.63) is 52.2 Å². The van der Waals surface area contributed by atoms with Crippen LogP contribution in [0.4, 0.5) is 0 Å². The second-order valence-corrected chi connectivity index (χ2v) is 10.5. The Morgan fingerprint density at radius 1 is 0.929 bits per heavy atom. The Kier molecular flexibility index (Phi) is 5.85. The first-order valence-corrected chi connectivity index (χ1v) is 12.3. The average molecular weight is 419 g/mol. The highest BCUT2D eigenvalue weighted by Gasteiger charge is 2.27. The molecule has 0 unspecified atom stereocenters. The lowest BCUT2D eigenvalue weighted by atomic mass is 9.95. The first-order valence-electron chi connectivity index (χ1n) is 9.98. The third-order valence-electron chi connectivity index (χ3n) is 5.78. The quantitative estimate of drug-likeness (QED) is 0.756. The van der Waals surface area contributed by atoms with Gasteiger partial charge in [0, 0.05) is 36.6 Å². The van der Waals surface area contributed by atoms with E-state index >= 15 is 0 Å². The molecule has 0 atom stereocenters. The maximum absolute atomic E-state index is 12.8. The van der Waals surface area contributed by atoms with E-state index in [2.05, 4.69) is 17.5 Å². The summed E-state index contributed by atoms with van der Waals surface area (Å²) in [7, 11) is -3.45. The van der Waals surface area contributed by atoms with Crippen LogP contribution in [0.15, 0.2) is 46.7 Å². The Labute approximate surface area is 171 Å². The summed E-state index contributed by atoms with van der Waals surface area (Å²) in [5, 5.41) is 2.10. The standard InChI is InChI=1S/C21H26N2O3S2/c24-21(22-14-10-17(11-15-22)20-5-4-16-27-20)18-6-8-19(9-7-18)28(25,26)23-12-2-1-3-13-23/h4-9,16-17H,1-3,10-15H2. The minimum atomic E-state index is -3.45. The van der Waals surface area contributed by atoms with Gasteiger partial charge in [-0.05, 0) is 67.3 Å². The number of hydrogen-bond acceptors (Lipinski definition) is 4. The molecule has 1 amide bonds. The summed E-state index contributed by atoms with van der Waals surface area (Å²) >= 11 is 1.79. The van der Waals surface area contributed by atoms with Gasteiger partial charge in [0.1, 0.15) is 0 Å². The van der Waals surface area contributed by atoms with Crippen molar-refractivity contribution < 1.29 is 13.2 Å². The molecule has 1 aromatic carbocycles. The topological polar surface area (TPSA) is 57.7 Å². The predicted molar refractivity (Wildman–Crippen MR) is 111 cm³/mol. The van der Waals surface area contributed by atoms with Gasteiger partial charge in [0.05, 0.1) is 4.90 Å². The van der Waals surface area contributed by atoms with Crippen LogP contribution in [0, 0.1) is 0 Å². The number of sulfonamides is 1. The zero-order valence-corrected chi connectivity index (χ0v) is 17.6. The maximum atomic E-state index is 12.8. The zero-order valence-electron chi connectivity index (χ0n) is 15.9. The van der Waals surface area contributed by atoms with Crippen molar-refractivity contribution in [3.8, 4) is 0 Å². The molecule has 2 aliphatic heterocycles.